The number of H-pyrrole nitrogens is 1. The molecule has 0 aliphatic carbocycles. The summed E-state index contributed by atoms with van der Waals surface area (Å²) in [6.07, 6.45) is 1.61. The lowest BCUT2D eigenvalue weighted by Gasteiger charge is -2.10. The van der Waals surface area contributed by atoms with Crippen LogP contribution in [0, 0.1) is 6.92 Å². The predicted octanol–water partition coefficient (Wildman–Crippen LogP) is 3.29. The fourth-order valence-electron chi connectivity index (χ4n) is 1.82. The molecule has 0 bridgehead atoms. The number of aromatic nitrogens is 4. The van der Waals surface area contributed by atoms with E-state index in [-0.39, 0.29) is 5.95 Å². The van der Waals surface area contributed by atoms with E-state index in [1.807, 2.05) is 6.92 Å². The summed E-state index contributed by atoms with van der Waals surface area (Å²) in [6.45, 7) is 1.88. The lowest BCUT2D eigenvalue weighted by molar-refractivity contribution is 1.09. The van der Waals surface area contributed by atoms with Gasteiger partial charge in [-0.25, -0.2) is 0 Å². The van der Waals surface area contributed by atoms with E-state index >= 15 is 0 Å². The normalized spacial score (nSPS) is 10.9. The lowest BCUT2D eigenvalue weighted by Crippen LogP contribution is -2.01. The highest BCUT2D eigenvalue weighted by Gasteiger charge is 2.11. The van der Waals surface area contributed by atoms with Gasteiger partial charge in [0.1, 0.15) is 5.82 Å². The van der Waals surface area contributed by atoms with E-state index < -0.39 is 0 Å². The minimum absolute atomic E-state index is 0.138. The minimum atomic E-state index is 0.138. The van der Waals surface area contributed by atoms with Gasteiger partial charge in [0.25, 0.3) is 0 Å². The Kier molecular flexibility index (Phi) is 3.11. The molecule has 20 heavy (non-hydrogen) atoms. The summed E-state index contributed by atoms with van der Waals surface area (Å²) in [5.41, 5.74) is 7.75. The topological polar surface area (TPSA) is 92.5 Å². The molecule has 0 unspecified atom stereocenters. The maximum absolute atomic E-state index is 6.20. The average molecular weight is 309 g/mol. The smallest absolute Gasteiger partial charge is 0.224 e. The molecule has 102 valence electrons. The first-order valence-electron chi connectivity index (χ1n) is 5.74. The summed E-state index contributed by atoms with van der Waals surface area (Å²) in [5, 5.41) is 11.6. The standard InChI is InChI=1S/C12H10Cl2N6/c1-5-2-8(14)9(3-7(5)13)17-10-6-4-16-20-11(6)19-12(15)18-10/h2-4H,1H3,(H4,15,16,17,18,19,20). The van der Waals surface area contributed by atoms with E-state index in [9.17, 15) is 0 Å². The van der Waals surface area contributed by atoms with Crippen LogP contribution in [0.2, 0.25) is 10.0 Å². The quantitative estimate of drug-likeness (QED) is 0.675. The first-order chi connectivity index (χ1) is 9.54. The Bertz CT molecular complexity index is 798. The maximum atomic E-state index is 6.20. The summed E-state index contributed by atoms with van der Waals surface area (Å²) in [5.74, 6) is 0.654. The third kappa shape index (κ3) is 2.23. The fraction of sp³-hybridized carbons (Fsp3) is 0.0833. The number of fused-ring (bicyclic) bond motifs is 1. The zero-order valence-corrected chi connectivity index (χ0v) is 11.9. The SMILES string of the molecule is Cc1cc(Cl)c(Nc2nc(N)nc3[nH]ncc23)cc1Cl. The number of nitrogens with zero attached hydrogens (tertiary/aromatic N) is 3. The minimum Gasteiger partial charge on any atom is -0.368 e. The molecule has 2 heterocycles. The van der Waals surface area contributed by atoms with Crippen molar-refractivity contribution in [1.29, 1.82) is 0 Å². The third-order valence-corrected chi connectivity index (χ3v) is 3.55. The monoisotopic (exact) mass is 308 g/mol. The van der Waals surface area contributed by atoms with Crippen LogP contribution in [0.1, 0.15) is 5.56 Å². The second-order valence-corrected chi connectivity index (χ2v) is 5.08. The van der Waals surface area contributed by atoms with Crippen LogP contribution >= 0.6 is 23.2 Å². The summed E-state index contributed by atoms with van der Waals surface area (Å²) >= 11 is 12.3. The number of nitrogen functional groups attached to an aromatic ring is 1. The molecule has 1 aromatic carbocycles. The van der Waals surface area contributed by atoms with Crippen LogP contribution in [0.5, 0.6) is 0 Å². The summed E-state index contributed by atoms with van der Waals surface area (Å²) in [6, 6.07) is 3.52. The van der Waals surface area contributed by atoms with Crippen molar-refractivity contribution < 1.29 is 0 Å². The van der Waals surface area contributed by atoms with Crippen LogP contribution in [-0.4, -0.2) is 20.2 Å². The summed E-state index contributed by atoms with van der Waals surface area (Å²) < 4.78 is 0. The van der Waals surface area contributed by atoms with Crippen LogP contribution in [0.25, 0.3) is 11.0 Å². The fourth-order valence-corrected chi connectivity index (χ4v) is 2.25. The van der Waals surface area contributed by atoms with Gasteiger partial charge in [-0.2, -0.15) is 15.1 Å². The Balaban J connectivity index is 2.09. The van der Waals surface area contributed by atoms with Crippen molar-refractivity contribution in [1.82, 2.24) is 20.2 Å². The van der Waals surface area contributed by atoms with Crippen molar-refractivity contribution in [2.75, 3.05) is 11.1 Å². The number of aromatic amines is 1. The molecule has 3 aromatic rings. The molecule has 6 nitrogen and oxygen atoms in total. The zero-order chi connectivity index (χ0) is 14.3. The van der Waals surface area contributed by atoms with E-state index in [0.717, 1.165) is 5.56 Å². The molecule has 2 aromatic heterocycles. The van der Waals surface area contributed by atoms with Crippen molar-refractivity contribution in [3.63, 3.8) is 0 Å². The molecular formula is C12H10Cl2N6. The Labute approximate surface area is 124 Å². The van der Waals surface area contributed by atoms with E-state index in [0.29, 0.717) is 32.6 Å². The highest BCUT2D eigenvalue weighted by Crippen LogP contribution is 2.32. The Morgan fingerprint density at radius 2 is 2.00 bits per heavy atom. The van der Waals surface area contributed by atoms with Gasteiger partial charge in [-0.15, -0.1) is 0 Å². The van der Waals surface area contributed by atoms with E-state index in [1.165, 1.54) is 0 Å². The Morgan fingerprint density at radius 1 is 1.20 bits per heavy atom. The van der Waals surface area contributed by atoms with Gasteiger partial charge in [-0.05, 0) is 24.6 Å². The molecule has 0 aliphatic rings. The first-order valence-corrected chi connectivity index (χ1v) is 6.49. The number of aryl methyl sites for hydroxylation is 1. The molecule has 0 amide bonds. The van der Waals surface area contributed by atoms with Crippen molar-refractivity contribution in [3.8, 4) is 0 Å². The highest BCUT2D eigenvalue weighted by atomic mass is 35.5. The molecule has 0 radical (unpaired) electrons. The van der Waals surface area contributed by atoms with Gasteiger partial charge in [-0.3, -0.25) is 5.10 Å². The van der Waals surface area contributed by atoms with E-state index in [4.69, 9.17) is 28.9 Å². The molecule has 0 saturated carbocycles. The Hall–Kier alpha value is -2.05. The lowest BCUT2D eigenvalue weighted by atomic mass is 10.2. The molecule has 8 heteroatoms. The molecule has 0 atom stereocenters. The van der Waals surface area contributed by atoms with Crippen LogP contribution in [0.15, 0.2) is 18.3 Å². The first kappa shape index (κ1) is 13.0. The van der Waals surface area contributed by atoms with Crippen molar-refractivity contribution in [3.05, 3.63) is 33.9 Å². The van der Waals surface area contributed by atoms with Gasteiger partial charge in [0.15, 0.2) is 5.65 Å². The molecule has 4 N–H and O–H groups in total. The maximum Gasteiger partial charge on any atom is 0.224 e. The summed E-state index contributed by atoms with van der Waals surface area (Å²) in [4.78, 5) is 8.20. The molecule has 0 fully saturated rings. The average Bonchev–Trinajstić information content (AvgIpc) is 2.84. The van der Waals surface area contributed by atoms with Crippen molar-refractivity contribution in [2.45, 2.75) is 6.92 Å². The number of anilines is 3. The highest BCUT2D eigenvalue weighted by molar-refractivity contribution is 6.35. The van der Waals surface area contributed by atoms with Gasteiger partial charge in [0, 0.05) is 5.02 Å². The number of rotatable bonds is 2. The van der Waals surface area contributed by atoms with E-state index in [2.05, 4.69) is 25.5 Å². The third-order valence-electron chi connectivity index (χ3n) is 2.83. The molecular weight excluding hydrogens is 299 g/mol. The van der Waals surface area contributed by atoms with Crippen LogP contribution in [0.4, 0.5) is 17.5 Å². The Morgan fingerprint density at radius 3 is 2.80 bits per heavy atom. The van der Waals surface area contributed by atoms with Gasteiger partial charge >= 0.3 is 0 Å². The van der Waals surface area contributed by atoms with E-state index in [1.54, 1.807) is 18.3 Å². The number of nitrogens with one attached hydrogen (secondary N) is 2. The van der Waals surface area contributed by atoms with Gasteiger partial charge < -0.3 is 11.1 Å². The number of benzene rings is 1. The molecule has 3 rings (SSSR count). The van der Waals surface area contributed by atoms with Gasteiger partial charge in [0.05, 0.1) is 22.3 Å². The van der Waals surface area contributed by atoms with Crippen LogP contribution in [0.3, 0.4) is 0 Å². The molecule has 0 spiro atoms. The van der Waals surface area contributed by atoms with Crippen molar-refractivity contribution >= 4 is 51.7 Å². The number of halogens is 2. The summed E-state index contributed by atoms with van der Waals surface area (Å²) in [7, 11) is 0. The largest absolute Gasteiger partial charge is 0.368 e. The molecule has 0 aliphatic heterocycles. The predicted molar refractivity (Wildman–Crippen MR) is 80.6 cm³/mol. The number of nitrogens with two attached hydrogens (primary N) is 1. The number of hydrogen-bond acceptors (Lipinski definition) is 5. The van der Waals surface area contributed by atoms with Gasteiger partial charge in [0.2, 0.25) is 5.95 Å². The zero-order valence-electron chi connectivity index (χ0n) is 10.4. The van der Waals surface area contributed by atoms with Crippen molar-refractivity contribution in [2.24, 2.45) is 0 Å². The molecule has 0 saturated heterocycles. The second-order valence-electron chi connectivity index (χ2n) is 4.27. The van der Waals surface area contributed by atoms with Gasteiger partial charge in [-0.1, -0.05) is 23.2 Å². The van der Waals surface area contributed by atoms with Crippen LogP contribution < -0.4 is 11.1 Å². The van der Waals surface area contributed by atoms with Crippen LogP contribution in [-0.2, 0) is 0 Å². The second kappa shape index (κ2) is 4.81. The number of hydrogen-bond donors (Lipinski definition) is 3.